The second kappa shape index (κ2) is 6.84. The van der Waals surface area contributed by atoms with Crippen molar-refractivity contribution in [1.29, 1.82) is 0 Å². The van der Waals surface area contributed by atoms with Gasteiger partial charge in [0.15, 0.2) is 0 Å². The molecule has 6 heteroatoms. The molecule has 0 radical (unpaired) electrons. The van der Waals surface area contributed by atoms with Crippen LogP contribution in [-0.2, 0) is 4.79 Å². The zero-order valence-corrected chi connectivity index (χ0v) is 14.4. The summed E-state index contributed by atoms with van der Waals surface area (Å²) in [5.41, 5.74) is 7.51. The molecular weight excluding hydrogens is 326 g/mol. The minimum absolute atomic E-state index is 0.0669. The second-order valence-electron chi connectivity index (χ2n) is 6.29. The topological polar surface area (TPSA) is 82.2 Å². The molecule has 3 aromatic rings. The highest BCUT2D eigenvalue weighted by atomic mass is 16.2. The summed E-state index contributed by atoms with van der Waals surface area (Å²) in [6.45, 7) is 2.65. The Balaban J connectivity index is 1.49. The number of imidazole rings is 1. The summed E-state index contributed by atoms with van der Waals surface area (Å²) < 4.78 is 0. The van der Waals surface area contributed by atoms with Crippen LogP contribution in [0.4, 0.5) is 5.95 Å². The predicted molar refractivity (Wildman–Crippen MR) is 102 cm³/mol. The lowest BCUT2D eigenvalue weighted by atomic mass is 9.94. The van der Waals surface area contributed by atoms with Crippen molar-refractivity contribution in [2.45, 2.75) is 12.8 Å². The van der Waals surface area contributed by atoms with Gasteiger partial charge in [-0.05, 0) is 18.1 Å². The van der Waals surface area contributed by atoms with E-state index < -0.39 is 0 Å². The number of amides is 1. The number of aryl methyl sites for hydroxylation is 1. The van der Waals surface area contributed by atoms with Crippen molar-refractivity contribution >= 4 is 17.6 Å². The van der Waals surface area contributed by atoms with Crippen LogP contribution in [0.2, 0.25) is 0 Å². The minimum Gasteiger partial charge on any atom is -0.324 e. The van der Waals surface area contributed by atoms with Crippen LogP contribution in [-0.4, -0.2) is 28.1 Å². The maximum atomic E-state index is 12.6. The molecule has 0 aliphatic carbocycles. The van der Waals surface area contributed by atoms with Crippen molar-refractivity contribution in [2.75, 3.05) is 11.9 Å². The van der Waals surface area contributed by atoms with E-state index in [2.05, 4.69) is 25.8 Å². The summed E-state index contributed by atoms with van der Waals surface area (Å²) in [5.74, 6) is 0.0865. The highest BCUT2D eigenvalue weighted by Gasteiger charge is 2.29. The van der Waals surface area contributed by atoms with Crippen molar-refractivity contribution in [3.63, 3.8) is 0 Å². The van der Waals surface area contributed by atoms with Gasteiger partial charge in [0.25, 0.3) is 5.91 Å². The zero-order valence-electron chi connectivity index (χ0n) is 14.4. The maximum absolute atomic E-state index is 12.6. The Bertz CT molecular complexity index is 944. The molecule has 1 amide bonds. The average Bonchev–Trinajstić information content (AvgIpc) is 3.32. The van der Waals surface area contributed by atoms with Crippen LogP contribution in [0, 0.1) is 6.92 Å². The van der Waals surface area contributed by atoms with Crippen LogP contribution < -0.4 is 10.7 Å². The smallest absolute Gasteiger partial charge is 0.274 e. The summed E-state index contributed by atoms with van der Waals surface area (Å²) in [6, 6.07) is 18.0. The van der Waals surface area contributed by atoms with E-state index in [1.807, 2.05) is 61.5 Å². The Hall–Kier alpha value is -3.41. The van der Waals surface area contributed by atoms with Crippen LogP contribution >= 0.6 is 0 Å². The van der Waals surface area contributed by atoms with E-state index in [0.29, 0.717) is 18.2 Å². The minimum atomic E-state index is -0.256. The molecule has 6 nitrogen and oxygen atoms in total. The van der Waals surface area contributed by atoms with E-state index in [0.717, 1.165) is 16.8 Å². The Morgan fingerprint density at radius 3 is 2.65 bits per heavy atom. The Labute approximate surface area is 151 Å². The number of H-pyrrole nitrogens is 1. The maximum Gasteiger partial charge on any atom is 0.274 e. The molecule has 2 aromatic carbocycles. The largest absolute Gasteiger partial charge is 0.324 e. The number of nitrogens with one attached hydrogen (secondary N) is 3. The number of aromatic amines is 1. The fourth-order valence-electron chi connectivity index (χ4n) is 3.00. The molecule has 1 aliphatic rings. The molecule has 1 aromatic heterocycles. The molecule has 4 rings (SSSR count). The molecule has 1 aliphatic heterocycles. The molecule has 26 heavy (non-hydrogen) atoms. The lowest BCUT2D eigenvalue weighted by molar-refractivity contribution is -0.110. The van der Waals surface area contributed by atoms with Crippen molar-refractivity contribution in [3.05, 3.63) is 71.9 Å². The SMILES string of the molecule is Cc1ccc(-c2cnc(NC(=O)C3=NNCC3c3ccccc3)[nH]2)cc1. The number of aromatic nitrogens is 2. The van der Waals surface area contributed by atoms with E-state index in [-0.39, 0.29) is 11.8 Å². The first-order chi connectivity index (χ1) is 12.7. The van der Waals surface area contributed by atoms with Crippen LogP contribution in [0.15, 0.2) is 65.9 Å². The van der Waals surface area contributed by atoms with Gasteiger partial charge in [-0.1, -0.05) is 60.2 Å². The first-order valence-electron chi connectivity index (χ1n) is 8.49. The molecule has 0 saturated carbocycles. The van der Waals surface area contributed by atoms with Gasteiger partial charge in [0, 0.05) is 6.54 Å². The predicted octanol–water partition coefficient (Wildman–Crippen LogP) is 3.07. The summed E-state index contributed by atoms with van der Waals surface area (Å²) in [7, 11) is 0. The van der Waals surface area contributed by atoms with Crippen LogP contribution in [0.1, 0.15) is 17.0 Å². The number of nitrogens with zero attached hydrogens (tertiary/aromatic N) is 2. The van der Waals surface area contributed by atoms with Crippen molar-refractivity contribution < 1.29 is 4.79 Å². The fraction of sp³-hybridized carbons (Fsp3) is 0.150. The number of hydrazone groups is 1. The number of benzene rings is 2. The number of hydrogen-bond acceptors (Lipinski definition) is 4. The Morgan fingerprint density at radius 1 is 1.12 bits per heavy atom. The summed E-state index contributed by atoms with van der Waals surface area (Å²) in [4.78, 5) is 20.0. The Morgan fingerprint density at radius 2 is 1.88 bits per heavy atom. The van der Waals surface area contributed by atoms with E-state index in [4.69, 9.17) is 0 Å². The first kappa shape index (κ1) is 16.1. The summed E-state index contributed by atoms with van der Waals surface area (Å²) in [5, 5.41) is 6.99. The molecular formula is C20H19N5O. The van der Waals surface area contributed by atoms with Gasteiger partial charge in [-0.25, -0.2) is 4.98 Å². The van der Waals surface area contributed by atoms with Crippen molar-refractivity contribution in [2.24, 2.45) is 5.10 Å². The number of rotatable bonds is 4. The normalized spacial score (nSPS) is 16.0. The molecule has 130 valence electrons. The van der Waals surface area contributed by atoms with Gasteiger partial charge in [-0.3, -0.25) is 10.1 Å². The van der Waals surface area contributed by atoms with Gasteiger partial charge in [0.2, 0.25) is 5.95 Å². The molecule has 2 heterocycles. The van der Waals surface area contributed by atoms with Crippen LogP contribution in [0.25, 0.3) is 11.3 Å². The van der Waals surface area contributed by atoms with Gasteiger partial charge in [-0.15, -0.1) is 0 Å². The Kier molecular flexibility index (Phi) is 4.23. The van der Waals surface area contributed by atoms with E-state index in [1.165, 1.54) is 5.56 Å². The molecule has 3 N–H and O–H groups in total. The average molecular weight is 345 g/mol. The third kappa shape index (κ3) is 3.21. The molecule has 0 bridgehead atoms. The number of carbonyl (C=O) groups is 1. The third-order valence-corrected chi connectivity index (χ3v) is 4.43. The quantitative estimate of drug-likeness (QED) is 0.680. The van der Waals surface area contributed by atoms with E-state index >= 15 is 0 Å². The molecule has 0 fully saturated rings. The highest BCUT2D eigenvalue weighted by molar-refractivity contribution is 6.45. The van der Waals surface area contributed by atoms with E-state index in [1.54, 1.807) is 6.20 Å². The lowest BCUT2D eigenvalue weighted by Crippen LogP contribution is -2.27. The van der Waals surface area contributed by atoms with Crippen molar-refractivity contribution in [1.82, 2.24) is 15.4 Å². The van der Waals surface area contributed by atoms with Crippen molar-refractivity contribution in [3.8, 4) is 11.3 Å². The summed E-state index contributed by atoms with van der Waals surface area (Å²) in [6.07, 6.45) is 1.71. The zero-order chi connectivity index (χ0) is 17.9. The molecule has 0 saturated heterocycles. The summed E-state index contributed by atoms with van der Waals surface area (Å²) >= 11 is 0. The monoisotopic (exact) mass is 345 g/mol. The first-order valence-corrected chi connectivity index (χ1v) is 8.49. The molecule has 1 atom stereocenters. The highest BCUT2D eigenvalue weighted by Crippen LogP contribution is 2.22. The second-order valence-corrected chi connectivity index (χ2v) is 6.29. The third-order valence-electron chi connectivity index (χ3n) is 4.43. The standard InChI is InChI=1S/C20H19N5O/c1-13-7-9-15(10-8-13)17-12-21-20(23-17)24-19(26)18-16(11-22-25-18)14-5-3-2-4-6-14/h2-10,12,16,22H,11H2,1H3,(H2,21,23,24,26). The molecule has 0 spiro atoms. The lowest BCUT2D eigenvalue weighted by Gasteiger charge is -2.11. The van der Waals surface area contributed by atoms with Gasteiger partial charge in [0.1, 0.15) is 5.71 Å². The van der Waals surface area contributed by atoms with Crippen LogP contribution in [0.5, 0.6) is 0 Å². The number of hydrogen-bond donors (Lipinski definition) is 3. The molecule has 1 unspecified atom stereocenters. The van der Waals surface area contributed by atoms with Crippen LogP contribution in [0.3, 0.4) is 0 Å². The number of carbonyl (C=O) groups excluding carboxylic acids is 1. The number of anilines is 1. The van der Waals surface area contributed by atoms with Gasteiger partial charge >= 0.3 is 0 Å². The van der Waals surface area contributed by atoms with Gasteiger partial charge < -0.3 is 10.4 Å². The van der Waals surface area contributed by atoms with Gasteiger partial charge in [-0.2, -0.15) is 5.10 Å². The van der Waals surface area contributed by atoms with E-state index in [9.17, 15) is 4.79 Å². The fourth-order valence-corrected chi connectivity index (χ4v) is 3.00. The van der Waals surface area contributed by atoms with Gasteiger partial charge in [0.05, 0.1) is 17.8 Å².